The van der Waals surface area contributed by atoms with E-state index in [0.717, 1.165) is 0 Å². The van der Waals surface area contributed by atoms with Crippen LogP contribution in [0.2, 0.25) is 0 Å². The first kappa shape index (κ1) is 14.2. The maximum absolute atomic E-state index is 12.2. The fourth-order valence-corrected chi connectivity index (χ4v) is 2.51. The molecule has 2 rings (SSSR count). The van der Waals surface area contributed by atoms with Crippen LogP contribution in [-0.2, 0) is 9.59 Å². The van der Waals surface area contributed by atoms with Crippen molar-refractivity contribution in [2.75, 3.05) is 19.7 Å². The van der Waals surface area contributed by atoms with E-state index in [2.05, 4.69) is 17.2 Å². The molecule has 1 saturated heterocycles. The van der Waals surface area contributed by atoms with Crippen molar-refractivity contribution in [2.45, 2.75) is 6.42 Å². The molecule has 2 heterocycles. The van der Waals surface area contributed by atoms with Crippen molar-refractivity contribution in [3.8, 4) is 11.8 Å². The Morgan fingerprint density at radius 3 is 2.70 bits per heavy atom. The summed E-state index contributed by atoms with van der Waals surface area (Å²) in [6, 6.07) is 3.32. The van der Waals surface area contributed by atoms with Crippen LogP contribution in [0, 0.1) is 11.8 Å². The third kappa shape index (κ3) is 3.44. The van der Waals surface area contributed by atoms with E-state index in [4.69, 9.17) is 5.11 Å². The van der Waals surface area contributed by atoms with E-state index >= 15 is 0 Å². The number of rotatable bonds is 2. The van der Waals surface area contributed by atoms with E-state index in [0.29, 0.717) is 16.2 Å². The van der Waals surface area contributed by atoms with Gasteiger partial charge in [-0.05, 0) is 12.1 Å². The summed E-state index contributed by atoms with van der Waals surface area (Å²) in [7, 11) is 0. The lowest BCUT2D eigenvalue weighted by Crippen LogP contribution is -2.53. The van der Waals surface area contributed by atoms with E-state index in [1.165, 1.54) is 16.2 Å². The second-order valence-electron chi connectivity index (χ2n) is 4.07. The number of piperazine rings is 1. The average Bonchev–Trinajstić information content (AvgIpc) is 2.86. The second kappa shape index (κ2) is 6.32. The number of imide groups is 1. The predicted molar refractivity (Wildman–Crippen MR) is 72.0 cm³/mol. The molecule has 1 fully saturated rings. The van der Waals surface area contributed by atoms with Crippen molar-refractivity contribution in [3.63, 3.8) is 0 Å². The van der Waals surface area contributed by atoms with Crippen molar-refractivity contribution in [1.29, 1.82) is 0 Å². The number of thiophene rings is 1. The maximum atomic E-state index is 12.2. The molecule has 0 aliphatic carbocycles. The third-order valence-corrected chi connectivity index (χ3v) is 3.49. The molecule has 6 nitrogen and oxygen atoms in total. The molecular formula is C13H12N2O4S. The highest BCUT2D eigenvalue weighted by Crippen LogP contribution is 2.18. The standard InChI is InChI=1S/C13H12N2O4S/c16-6-2-1-3-9-4-5-10(20-9)13(19)15-7-11(17)14-12(18)8-15/h4-5,16H,2,6-8H2,(H,14,17,18). The minimum absolute atomic E-state index is 0.00480. The summed E-state index contributed by atoms with van der Waals surface area (Å²) in [4.78, 5) is 37.0. The van der Waals surface area contributed by atoms with Gasteiger partial charge in [-0.2, -0.15) is 0 Å². The number of carbonyl (C=O) groups is 3. The lowest BCUT2D eigenvalue weighted by Gasteiger charge is -2.24. The number of nitrogens with one attached hydrogen (secondary N) is 1. The Hall–Kier alpha value is -2.17. The van der Waals surface area contributed by atoms with Gasteiger partial charge >= 0.3 is 0 Å². The number of aliphatic hydroxyl groups is 1. The highest BCUT2D eigenvalue weighted by Gasteiger charge is 2.27. The van der Waals surface area contributed by atoms with Crippen molar-refractivity contribution in [1.82, 2.24) is 10.2 Å². The Bertz CT molecular complexity index is 595. The van der Waals surface area contributed by atoms with Gasteiger partial charge < -0.3 is 10.0 Å². The monoisotopic (exact) mass is 292 g/mol. The van der Waals surface area contributed by atoms with E-state index in [1.54, 1.807) is 12.1 Å². The molecule has 0 atom stereocenters. The normalized spacial score (nSPS) is 14.6. The first-order valence-electron chi connectivity index (χ1n) is 5.91. The Balaban J connectivity index is 2.08. The molecule has 2 N–H and O–H groups in total. The molecule has 1 aliphatic heterocycles. The molecule has 20 heavy (non-hydrogen) atoms. The second-order valence-corrected chi connectivity index (χ2v) is 5.16. The minimum atomic E-state index is -0.478. The van der Waals surface area contributed by atoms with Gasteiger partial charge in [0.25, 0.3) is 5.91 Å². The number of carbonyl (C=O) groups excluding carboxylic acids is 3. The lowest BCUT2D eigenvalue weighted by atomic mass is 10.3. The van der Waals surface area contributed by atoms with Gasteiger partial charge in [0.05, 0.1) is 16.4 Å². The summed E-state index contributed by atoms with van der Waals surface area (Å²) in [6.07, 6.45) is 0.377. The lowest BCUT2D eigenvalue weighted by molar-refractivity contribution is -0.135. The van der Waals surface area contributed by atoms with Gasteiger partial charge in [-0.3, -0.25) is 19.7 Å². The zero-order valence-corrected chi connectivity index (χ0v) is 11.3. The van der Waals surface area contributed by atoms with Crippen LogP contribution in [0.5, 0.6) is 0 Å². The van der Waals surface area contributed by atoms with E-state index in [9.17, 15) is 14.4 Å². The van der Waals surface area contributed by atoms with Gasteiger partial charge in [0.15, 0.2) is 0 Å². The molecule has 0 saturated carbocycles. The first-order chi connectivity index (χ1) is 9.60. The topological polar surface area (TPSA) is 86.7 Å². The van der Waals surface area contributed by atoms with Gasteiger partial charge in [0, 0.05) is 6.42 Å². The van der Waals surface area contributed by atoms with E-state index in [1.807, 2.05) is 0 Å². The molecular weight excluding hydrogens is 280 g/mol. The summed E-state index contributed by atoms with van der Waals surface area (Å²) in [6.45, 7) is -0.239. The largest absolute Gasteiger partial charge is 0.395 e. The third-order valence-electron chi connectivity index (χ3n) is 2.50. The maximum Gasteiger partial charge on any atom is 0.264 e. The van der Waals surface area contributed by atoms with Crippen molar-refractivity contribution < 1.29 is 19.5 Å². The SMILES string of the molecule is O=C1CN(C(=O)c2ccc(C#CCCO)s2)CC(=O)N1. The number of hydrogen-bond donors (Lipinski definition) is 2. The molecule has 0 aromatic carbocycles. The highest BCUT2D eigenvalue weighted by atomic mass is 32.1. The Morgan fingerprint density at radius 1 is 1.35 bits per heavy atom. The smallest absolute Gasteiger partial charge is 0.264 e. The van der Waals surface area contributed by atoms with Crippen LogP contribution in [0.1, 0.15) is 21.0 Å². The number of aliphatic hydroxyl groups excluding tert-OH is 1. The number of nitrogens with zero attached hydrogens (tertiary/aromatic N) is 1. The van der Waals surface area contributed by atoms with Crippen molar-refractivity contribution in [2.24, 2.45) is 0 Å². The van der Waals surface area contributed by atoms with Crippen LogP contribution in [0.3, 0.4) is 0 Å². The summed E-state index contributed by atoms with van der Waals surface area (Å²) >= 11 is 1.20. The Morgan fingerprint density at radius 2 is 2.05 bits per heavy atom. The zero-order chi connectivity index (χ0) is 14.5. The molecule has 0 spiro atoms. The van der Waals surface area contributed by atoms with Crippen molar-refractivity contribution >= 4 is 29.1 Å². The molecule has 0 bridgehead atoms. The molecule has 1 aliphatic rings. The van der Waals surface area contributed by atoms with E-state index < -0.39 is 11.8 Å². The van der Waals surface area contributed by atoms with Crippen LogP contribution >= 0.6 is 11.3 Å². The minimum Gasteiger partial charge on any atom is -0.395 e. The number of hydrogen-bond acceptors (Lipinski definition) is 5. The quantitative estimate of drug-likeness (QED) is 0.572. The molecule has 7 heteroatoms. The van der Waals surface area contributed by atoms with Crippen molar-refractivity contribution in [3.05, 3.63) is 21.9 Å². The van der Waals surface area contributed by atoms with Crippen LogP contribution in [0.15, 0.2) is 12.1 Å². The van der Waals surface area contributed by atoms with Crippen LogP contribution in [0.4, 0.5) is 0 Å². The van der Waals surface area contributed by atoms with Gasteiger partial charge in [-0.1, -0.05) is 11.8 Å². The Kier molecular flexibility index (Phi) is 4.50. The summed E-state index contributed by atoms with van der Waals surface area (Å²) in [5, 5.41) is 10.8. The molecule has 0 unspecified atom stereocenters. The predicted octanol–water partition coefficient (Wildman–Crippen LogP) is -0.419. The van der Waals surface area contributed by atoms with Gasteiger partial charge in [-0.25, -0.2) is 0 Å². The van der Waals surface area contributed by atoms with Crippen LogP contribution < -0.4 is 5.32 Å². The highest BCUT2D eigenvalue weighted by molar-refractivity contribution is 7.14. The Labute approximate surface area is 119 Å². The first-order valence-corrected chi connectivity index (χ1v) is 6.73. The van der Waals surface area contributed by atoms with Gasteiger partial charge in [0.2, 0.25) is 11.8 Å². The summed E-state index contributed by atoms with van der Waals surface area (Å²) in [5.74, 6) is 4.29. The van der Waals surface area contributed by atoms with Crippen LogP contribution in [0.25, 0.3) is 0 Å². The molecule has 1 aromatic rings. The fraction of sp³-hybridized carbons (Fsp3) is 0.308. The van der Waals surface area contributed by atoms with E-state index in [-0.39, 0.29) is 25.6 Å². The molecule has 1 aromatic heterocycles. The molecule has 0 radical (unpaired) electrons. The average molecular weight is 292 g/mol. The molecule has 3 amide bonds. The summed E-state index contributed by atoms with van der Waals surface area (Å²) in [5.41, 5.74) is 0. The van der Waals surface area contributed by atoms with Gasteiger partial charge in [-0.15, -0.1) is 11.3 Å². The number of amides is 3. The van der Waals surface area contributed by atoms with Crippen LogP contribution in [-0.4, -0.2) is 47.4 Å². The zero-order valence-electron chi connectivity index (χ0n) is 10.5. The molecule has 104 valence electrons. The van der Waals surface area contributed by atoms with Gasteiger partial charge in [0.1, 0.15) is 13.1 Å². The summed E-state index contributed by atoms with van der Waals surface area (Å²) < 4.78 is 0. The fourth-order valence-electron chi connectivity index (χ4n) is 1.66.